The van der Waals surface area contributed by atoms with Crippen LogP contribution in [0.2, 0.25) is 0 Å². The van der Waals surface area contributed by atoms with E-state index in [0.29, 0.717) is 10.7 Å². The fourth-order valence-electron chi connectivity index (χ4n) is 1.75. The molecule has 2 aromatic rings. The summed E-state index contributed by atoms with van der Waals surface area (Å²) in [6.45, 7) is 2.82. The maximum Gasteiger partial charge on any atom is 0.195 e. The lowest BCUT2D eigenvalue weighted by Crippen LogP contribution is -2.04. The highest BCUT2D eigenvalue weighted by Gasteiger charge is 2.29. The molecule has 1 N–H and O–H groups in total. The van der Waals surface area contributed by atoms with Crippen LogP contribution in [0.4, 0.5) is 0 Å². The van der Waals surface area contributed by atoms with E-state index in [1.165, 1.54) is 17.7 Å². The Hall–Kier alpha value is -1.01. The van der Waals surface area contributed by atoms with E-state index in [4.69, 9.17) is 12.2 Å². The van der Waals surface area contributed by atoms with Gasteiger partial charge in [-0.2, -0.15) is 5.10 Å². The quantitative estimate of drug-likeness (QED) is 0.854. The Morgan fingerprint density at radius 2 is 2.44 bits per heavy atom. The fourth-order valence-corrected chi connectivity index (χ4v) is 2.73. The second-order valence-electron chi connectivity index (χ2n) is 4.11. The van der Waals surface area contributed by atoms with Gasteiger partial charge in [0.15, 0.2) is 4.77 Å². The summed E-state index contributed by atoms with van der Waals surface area (Å²) >= 11 is 6.96. The number of hydrogen-bond donors (Lipinski definition) is 1. The molecule has 0 amide bonds. The molecule has 0 spiro atoms. The van der Waals surface area contributed by atoms with Gasteiger partial charge in [-0.15, -0.1) is 11.3 Å². The van der Waals surface area contributed by atoms with Crippen molar-refractivity contribution < 1.29 is 0 Å². The molecule has 4 nitrogen and oxygen atoms in total. The maximum atomic E-state index is 5.25. The number of nitrogens with zero attached hydrogens (tertiary/aromatic N) is 3. The minimum absolute atomic E-state index is 0.606. The molecule has 2 aromatic heterocycles. The van der Waals surface area contributed by atoms with Crippen LogP contribution in [0.3, 0.4) is 0 Å². The molecule has 84 valence electrons. The van der Waals surface area contributed by atoms with Crippen LogP contribution in [0.1, 0.15) is 34.5 Å². The average Bonchev–Trinajstić information content (AvgIpc) is 2.93. The molecular weight excluding hydrogens is 240 g/mol. The zero-order valence-corrected chi connectivity index (χ0v) is 10.6. The van der Waals surface area contributed by atoms with Crippen LogP contribution in [0, 0.1) is 11.7 Å². The van der Waals surface area contributed by atoms with E-state index in [2.05, 4.69) is 26.7 Å². The summed E-state index contributed by atoms with van der Waals surface area (Å²) in [5, 5.41) is 8.28. The van der Waals surface area contributed by atoms with Crippen LogP contribution >= 0.6 is 23.6 Å². The van der Waals surface area contributed by atoms with Gasteiger partial charge in [0.25, 0.3) is 0 Å². The lowest BCUT2D eigenvalue weighted by Gasteiger charge is -2.02. The number of aromatic nitrogens is 4. The van der Waals surface area contributed by atoms with Crippen molar-refractivity contribution in [1.29, 1.82) is 0 Å². The topological polar surface area (TPSA) is 46.5 Å². The van der Waals surface area contributed by atoms with E-state index >= 15 is 0 Å². The van der Waals surface area contributed by atoms with Crippen molar-refractivity contribution in [2.45, 2.75) is 32.2 Å². The van der Waals surface area contributed by atoms with E-state index in [9.17, 15) is 0 Å². The van der Waals surface area contributed by atoms with Gasteiger partial charge in [-0.1, -0.05) is 0 Å². The largest absolute Gasteiger partial charge is 0.297 e. The summed E-state index contributed by atoms with van der Waals surface area (Å²) in [6, 6.07) is 0. The molecule has 6 heteroatoms. The second-order valence-corrected chi connectivity index (χ2v) is 5.82. The van der Waals surface area contributed by atoms with Crippen LogP contribution in [-0.4, -0.2) is 19.7 Å². The van der Waals surface area contributed by atoms with Gasteiger partial charge in [0, 0.05) is 17.0 Å². The molecule has 0 aliphatic heterocycles. The number of nitrogens with one attached hydrogen (secondary N) is 1. The van der Waals surface area contributed by atoms with E-state index < -0.39 is 0 Å². The summed E-state index contributed by atoms with van der Waals surface area (Å²) in [5.41, 5.74) is 0. The minimum Gasteiger partial charge on any atom is -0.297 e. The van der Waals surface area contributed by atoms with Crippen LogP contribution in [0.15, 0.2) is 6.20 Å². The van der Waals surface area contributed by atoms with Crippen molar-refractivity contribution in [1.82, 2.24) is 19.7 Å². The molecule has 0 saturated heterocycles. The Morgan fingerprint density at radius 3 is 3.06 bits per heavy atom. The highest BCUT2D eigenvalue weighted by Crippen LogP contribution is 2.39. The molecule has 0 aromatic carbocycles. The zero-order valence-electron chi connectivity index (χ0n) is 8.93. The molecule has 1 aliphatic carbocycles. The van der Waals surface area contributed by atoms with E-state index in [1.807, 2.05) is 6.20 Å². The monoisotopic (exact) mass is 252 g/mol. The highest BCUT2D eigenvalue weighted by molar-refractivity contribution is 7.71. The first kappa shape index (κ1) is 10.2. The molecular formula is C10H12N4S2. The van der Waals surface area contributed by atoms with Gasteiger partial charge in [0.05, 0.1) is 6.54 Å². The molecule has 0 radical (unpaired) electrons. The van der Waals surface area contributed by atoms with Crippen LogP contribution < -0.4 is 0 Å². The lowest BCUT2D eigenvalue weighted by atomic mass is 10.4. The molecule has 1 aliphatic rings. The van der Waals surface area contributed by atoms with Crippen molar-refractivity contribution in [3.8, 4) is 0 Å². The van der Waals surface area contributed by atoms with Crippen molar-refractivity contribution >= 4 is 23.6 Å². The maximum absolute atomic E-state index is 5.25. The fraction of sp³-hybridized carbons (Fsp3) is 0.500. The smallest absolute Gasteiger partial charge is 0.195 e. The number of rotatable bonds is 3. The first-order chi connectivity index (χ1) is 7.74. The van der Waals surface area contributed by atoms with Gasteiger partial charge < -0.3 is 0 Å². The number of aryl methyl sites for hydroxylation is 1. The normalized spacial score (nSPS) is 15.6. The van der Waals surface area contributed by atoms with E-state index in [-0.39, 0.29) is 0 Å². The van der Waals surface area contributed by atoms with Gasteiger partial charge in [-0.25, -0.2) is 4.98 Å². The van der Waals surface area contributed by atoms with Gasteiger partial charge in [-0.05, 0) is 32.0 Å². The Morgan fingerprint density at radius 1 is 1.62 bits per heavy atom. The molecule has 16 heavy (non-hydrogen) atoms. The van der Waals surface area contributed by atoms with Crippen molar-refractivity contribution in [3.05, 3.63) is 26.7 Å². The third-order valence-corrected chi connectivity index (χ3v) is 3.90. The van der Waals surface area contributed by atoms with Crippen molar-refractivity contribution in [3.63, 3.8) is 0 Å². The van der Waals surface area contributed by atoms with Crippen LogP contribution in [0.5, 0.6) is 0 Å². The average molecular weight is 252 g/mol. The summed E-state index contributed by atoms with van der Waals surface area (Å²) < 4.78 is 2.78. The summed E-state index contributed by atoms with van der Waals surface area (Å²) in [7, 11) is 0. The Labute approximate surface area is 102 Å². The standard InChI is InChI=1S/C10H12N4S2/c1-6-4-11-8(16-6)5-14-9(7-2-3-7)12-13-10(14)15/h4,7H,2-3,5H2,1H3,(H,13,15). The Balaban J connectivity index is 1.93. The minimum atomic E-state index is 0.606. The molecule has 1 fully saturated rings. The van der Waals surface area contributed by atoms with Gasteiger partial charge in [0.2, 0.25) is 0 Å². The van der Waals surface area contributed by atoms with Crippen molar-refractivity contribution in [2.75, 3.05) is 0 Å². The summed E-state index contributed by atoms with van der Waals surface area (Å²) in [6.07, 6.45) is 4.37. The number of aromatic amines is 1. The number of H-pyrrole nitrogens is 1. The molecule has 0 bridgehead atoms. The van der Waals surface area contributed by atoms with E-state index in [0.717, 1.165) is 17.4 Å². The predicted molar refractivity (Wildman–Crippen MR) is 65.3 cm³/mol. The van der Waals surface area contributed by atoms with E-state index in [1.54, 1.807) is 11.3 Å². The highest BCUT2D eigenvalue weighted by atomic mass is 32.1. The number of hydrogen-bond acceptors (Lipinski definition) is 4. The summed E-state index contributed by atoms with van der Waals surface area (Å²) in [5.74, 6) is 1.70. The summed E-state index contributed by atoms with van der Waals surface area (Å²) in [4.78, 5) is 5.60. The molecule has 0 unspecified atom stereocenters. The zero-order chi connectivity index (χ0) is 11.1. The van der Waals surface area contributed by atoms with Gasteiger partial charge in [-0.3, -0.25) is 9.67 Å². The SMILES string of the molecule is Cc1cnc(Cn2c(C3CC3)n[nH]c2=S)s1. The first-order valence-electron chi connectivity index (χ1n) is 5.30. The van der Waals surface area contributed by atoms with Crippen LogP contribution in [0.25, 0.3) is 0 Å². The molecule has 1 saturated carbocycles. The molecule has 3 rings (SSSR count). The lowest BCUT2D eigenvalue weighted by molar-refractivity contribution is 0.715. The van der Waals surface area contributed by atoms with Gasteiger partial charge >= 0.3 is 0 Å². The van der Waals surface area contributed by atoms with Crippen LogP contribution in [-0.2, 0) is 6.54 Å². The van der Waals surface area contributed by atoms with Crippen molar-refractivity contribution in [2.24, 2.45) is 0 Å². The molecule has 0 atom stereocenters. The molecule has 2 heterocycles. The first-order valence-corrected chi connectivity index (χ1v) is 6.53. The predicted octanol–water partition coefficient (Wildman–Crippen LogP) is 2.63. The Kier molecular flexibility index (Phi) is 2.40. The Bertz CT molecular complexity index is 561. The number of thiazole rings is 1. The third-order valence-electron chi connectivity index (χ3n) is 2.69. The van der Waals surface area contributed by atoms with Gasteiger partial charge in [0.1, 0.15) is 10.8 Å². The second kappa shape index (κ2) is 3.78. The third kappa shape index (κ3) is 1.82.